The molecule has 2 aliphatic heterocycles. The summed E-state index contributed by atoms with van der Waals surface area (Å²) < 4.78 is 5.42. The molecule has 20 heavy (non-hydrogen) atoms. The van der Waals surface area contributed by atoms with Crippen LogP contribution in [0.3, 0.4) is 0 Å². The van der Waals surface area contributed by atoms with Crippen LogP contribution in [0, 0.1) is 0 Å². The minimum atomic E-state index is -0.471. The smallest absolute Gasteiger partial charge is 0.134 e. The van der Waals surface area contributed by atoms with E-state index in [4.69, 9.17) is 4.74 Å². The average Bonchev–Trinajstić information content (AvgIpc) is 2.98. The van der Waals surface area contributed by atoms with Crippen LogP contribution in [-0.4, -0.2) is 60.4 Å². The predicted octanol–water partition coefficient (Wildman–Crippen LogP) is 1.05. The number of aromatic nitrogens is 1. The van der Waals surface area contributed by atoms with Gasteiger partial charge in [-0.05, 0) is 19.4 Å². The van der Waals surface area contributed by atoms with Gasteiger partial charge in [-0.3, -0.25) is 4.90 Å². The maximum absolute atomic E-state index is 9.89. The Bertz CT molecular complexity index is 446. The fourth-order valence-electron chi connectivity index (χ4n) is 3.17. The zero-order valence-corrected chi connectivity index (χ0v) is 12.0. The second-order valence-corrected chi connectivity index (χ2v) is 5.63. The molecule has 0 aromatic carbocycles. The third-order valence-electron chi connectivity index (χ3n) is 4.29. The molecule has 1 unspecified atom stereocenters. The largest absolute Gasteiger partial charge is 0.389 e. The molecule has 0 bridgehead atoms. The van der Waals surface area contributed by atoms with E-state index in [-0.39, 0.29) is 0 Å². The highest BCUT2D eigenvalue weighted by Gasteiger charge is 2.30. The molecule has 3 rings (SSSR count). The van der Waals surface area contributed by atoms with Crippen LogP contribution in [0.2, 0.25) is 0 Å². The Balaban J connectivity index is 1.70. The van der Waals surface area contributed by atoms with Crippen LogP contribution in [-0.2, 0) is 4.74 Å². The number of ether oxygens (including phenoxy) is 1. The minimum Gasteiger partial charge on any atom is -0.389 e. The van der Waals surface area contributed by atoms with Crippen LogP contribution < -0.4 is 4.90 Å². The summed E-state index contributed by atoms with van der Waals surface area (Å²) >= 11 is 0. The summed E-state index contributed by atoms with van der Waals surface area (Å²) in [4.78, 5) is 9.31. The third kappa shape index (κ3) is 2.80. The van der Waals surface area contributed by atoms with Crippen molar-refractivity contribution in [3.63, 3.8) is 0 Å². The molecule has 5 nitrogen and oxygen atoms in total. The molecule has 3 heterocycles. The second-order valence-electron chi connectivity index (χ2n) is 5.63. The highest BCUT2D eigenvalue weighted by molar-refractivity contribution is 5.49. The predicted molar refractivity (Wildman–Crippen MR) is 77.9 cm³/mol. The second kappa shape index (κ2) is 6.08. The van der Waals surface area contributed by atoms with Crippen LogP contribution in [0.4, 0.5) is 5.82 Å². The lowest BCUT2D eigenvalue weighted by Crippen LogP contribution is -2.44. The van der Waals surface area contributed by atoms with Crippen molar-refractivity contribution in [3.8, 4) is 0 Å². The van der Waals surface area contributed by atoms with Gasteiger partial charge >= 0.3 is 0 Å². The first-order valence-corrected chi connectivity index (χ1v) is 7.45. The highest BCUT2D eigenvalue weighted by atomic mass is 16.5. The van der Waals surface area contributed by atoms with Crippen molar-refractivity contribution in [1.29, 1.82) is 0 Å². The van der Waals surface area contributed by atoms with Crippen LogP contribution in [0.15, 0.2) is 18.3 Å². The van der Waals surface area contributed by atoms with E-state index >= 15 is 0 Å². The molecule has 0 radical (unpaired) electrons. The molecule has 0 aliphatic carbocycles. The Morgan fingerprint density at radius 1 is 1.35 bits per heavy atom. The lowest BCUT2D eigenvalue weighted by molar-refractivity contribution is 0.0209. The van der Waals surface area contributed by atoms with Gasteiger partial charge < -0.3 is 14.7 Å². The SMILES string of the molecule is C[C@H](O)c1cccnc1N1CCC(N2CCOCC2)C1. The number of aliphatic hydroxyl groups excluding tert-OH is 1. The third-order valence-corrected chi connectivity index (χ3v) is 4.29. The van der Waals surface area contributed by atoms with Crippen LogP contribution in [0.25, 0.3) is 0 Å². The molecule has 2 atom stereocenters. The minimum absolute atomic E-state index is 0.471. The van der Waals surface area contributed by atoms with Gasteiger partial charge in [0.15, 0.2) is 0 Å². The molecule has 0 amide bonds. The van der Waals surface area contributed by atoms with Gasteiger partial charge in [-0.2, -0.15) is 0 Å². The van der Waals surface area contributed by atoms with E-state index < -0.39 is 6.10 Å². The molecule has 2 saturated heterocycles. The van der Waals surface area contributed by atoms with Gasteiger partial charge in [-0.25, -0.2) is 4.98 Å². The number of aliphatic hydroxyl groups is 1. The average molecular weight is 277 g/mol. The number of hydrogen-bond acceptors (Lipinski definition) is 5. The van der Waals surface area contributed by atoms with Gasteiger partial charge in [0, 0.05) is 44.0 Å². The monoisotopic (exact) mass is 277 g/mol. The zero-order chi connectivity index (χ0) is 13.9. The van der Waals surface area contributed by atoms with Crippen molar-refractivity contribution in [3.05, 3.63) is 23.9 Å². The number of rotatable bonds is 3. The van der Waals surface area contributed by atoms with Crippen molar-refractivity contribution in [1.82, 2.24) is 9.88 Å². The molecule has 5 heteroatoms. The van der Waals surface area contributed by atoms with Gasteiger partial charge in [-0.1, -0.05) is 6.07 Å². The first kappa shape index (κ1) is 13.8. The maximum atomic E-state index is 9.89. The van der Waals surface area contributed by atoms with Crippen molar-refractivity contribution < 1.29 is 9.84 Å². The standard InChI is InChI=1S/C15H23N3O2/c1-12(19)14-3-2-5-16-15(14)18-6-4-13(11-18)17-7-9-20-10-8-17/h2-3,5,12-13,19H,4,6-11H2,1H3/t12-,13?/m0/s1. The fraction of sp³-hybridized carbons (Fsp3) is 0.667. The Hall–Kier alpha value is -1.17. The molecule has 1 aromatic rings. The van der Waals surface area contributed by atoms with Gasteiger partial charge in [-0.15, -0.1) is 0 Å². The Morgan fingerprint density at radius 3 is 2.90 bits per heavy atom. The van der Waals surface area contributed by atoms with E-state index in [0.717, 1.165) is 57.2 Å². The number of hydrogen-bond donors (Lipinski definition) is 1. The Labute approximate surface area is 120 Å². The molecule has 1 aromatic heterocycles. The van der Waals surface area contributed by atoms with Gasteiger partial charge in [0.05, 0.1) is 19.3 Å². The lowest BCUT2D eigenvalue weighted by atomic mass is 10.1. The molecular weight excluding hydrogens is 254 g/mol. The molecule has 110 valence electrons. The van der Waals surface area contributed by atoms with Crippen molar-refractivity contribution in [2.24, 2.45) is 0 Å². The van der Waals surface area contributed by atoms with E-state index in [2.05, 4.69) is 14.8 Å². The molecule has 0 spiro atoms. The molecule has 2 fully saturated rings. The van der Waals surface area contributed by atoms with E-state index in [1.54, 1.807) is 6.92 Å². The lowest BCUT2D eigenvalue weighted by Gasteiger charge is -2.32. The Morgan fingerprint density at radius 2 is 2.15 bits per heavy atom. The summed E-state index contributed by atoms with van der Waals surface area (Å²) in [5.41, 5.74) is 0.926. The van der Waals surface area contributed by atoms with Gasteiger partial charge in [0.25, 0.3) is 0 Å². The first-order valence-electron chi connectivity index (χ1n) is 7.45. The van der Waals surface area contributed by atoms with E-state index in [9.17, 15) is 5.11 Å². The quantitative estimate of drug-likeness (QED) is 0.895. The van der Waals surface area contributed by atoms with Gasteiger partial charge in [0.2, 0.25) is 0 Å². The summed E-state index contributed by atoms with van der Waals surface area (Å²) in [5, 5.41) is 9.89. The van der Waals surface area contributed by atoms with E-state index in [1.165, 1.54) is 0 Å². The van der Waals surface area contributed by atoms with E-state index in [0.29, 0.717) is 6.04 Å². The number of morpholine rings is 1. The zero-order valence-electron chi connectivity index (χ0n) is 12.0. The topological polar surface area (TPSA) is 48.8 Å². The van der Waals surface area contributed by atoms with Crippen LogP contribution in [0.5, 0.6) is 0 Å². The molecule has 0 saturated carbocycles. The maximum Gasteiger partial charge on any atom is 0.134 e. The Kier molecular flexibility index (Phi) is 4.19. The summed E-state index contributed by atoms with van der Waals surface area (Å²) in [6, 6.07) is 4.44. The molecule has 2 aliphatic rings. The van der Waals surface area contributed by atoms with Crippen molar-refractivity contribution in [2.45, 2.75) is 25.5 Å². The van der Waals surface area contributed by atoms with Crippen LogP contribution >= 0.6 is 0 Å². The van der Waals surface area contributed by atoms with Gasteiger partial charge in [0.1, 0.15) is 5.82 Å². The normalized spacial score (nSPS) is 25.9. The first-order chi connectivity index (χ1) is 9.75. The number of anilines is 1. The summed E-state index contributed by atoms with van der Waals surface area (Å²) in [6.07, 6.45) is 2.50. The molecule has 1 N–H and O–H groups in total. The number of pyridine rings is 1. The fourth-order valence-corrected chi connectivity index (χ4v) is 3.17. The summed E-state index contributed by atoms with van der Waals surface area (Å²) in [7, 11) is 0. The number of nitrogens with zero attached hydrogens (tertiary/aromatic N) is 3. The highest BCUT2D eigenvalue weighted by Crippen LogP contribution is 2.28. The van der Waals surface area contributed by atoms with E-state index in [1.807, 2.05) is 18.3 Å². The van der Waals surface area contributed by atoms with Crippen molar-refractivity contribution >= 4 is 5.82 Å². The molecular formula is C15H23N3O2. The van der Waals surface area contributed by atoms with Crippen LogP contribution in [0.1, 0.15) is 25.0 Å². The summed E-state index contributed by atoms with van der Waals surface area (Å²) in [6.45, 7) is 7.57. The van der Waals surface area contributed by atoms with Crippen molar-refractivity contribution in [2.75, 3.05) is 44.3 Å². The summed E-state index contributed by atoms with van der Waals surface area (Å²) in [5.74, 6) is 0.943.